The van der Waals surface area contributed by atoms with E-state index in [0.29, 0.717) is 28.7 Å². The third-order valence-electron chi connectivity index (χ3n) is 4.67. The molecule has 3 rings (SSSR count). The van der Waals surface area contributed by atoms with Crippen LogP contribution in [0.2, 0.25) is 5.02 Å². The van der Waals surface area contributed by atoms with Crippen molar-refractivity contribution in [3.05, 3.63) is 53.1 Å². The number of carbonyl (C=O) groups excluding carboxylic acids is 2. The van der Waals surface area contributed by atoms with Gasteiger partial charge in [-0.05, 0) is 61.2 Å². The summed E-state index contributed by atoms with van der Waals surface area (Å²) < 4.78 is 30.9. The average molecular weight is 451 g/mol. The number of hydrogen-bond acceptors (Lipinski definition) is 5. The van der Waals surface area contributed by atoms with E-state index >= 15 is 0 Å². The molecule has 1 saturated carbocycles. The first-order chi connectivity index (χ1) is 14.1. The molecule has 1 fully saturated rings. The monoisotopic (exact) mass is 450 g/mol. The van der Waals surface area contributed by atoms with Gasteiger partial charge >= 0.3 is 10.1 Å². The number of nitrogens with one attached hydrogen (secondary N) is 1. The van der Waals surface area contributed by atoms with Crippen LogP contribution in [0.4, 0.5) is 5.69 Å². The molecule has 2 aromatic rings. The lowest BCUT2D eigenvalue weighted by molar-refractivity contribution is -0.129. The third kappa shape index (κ3) is 5.96. The molecule has 9 heteroatoms. The molecule has 160 valence electrons. The lowest BCUT2D eigenvalue weighted by atomic mass is 10.2. The Labute approximate surface area is 181 Å². The van der Waals surface area contributed by atoms with Gasteiger partial charge in [-0.15, -0.1) is 0 Å². The second-order valence-electron chi connectivity index (χ2n) is 7.34. The van der Waals surface area contributed by atoms with Crippen LogP contribution in [-0.4, -0.2) is 31.7 Å². The Morgan fingerprint density at radius 1 is 1.13 bits per heavy atom. The fourth-order valence-corrected chi connectivity index (χ4v) is 4.11. The van der Waals surface area contributed by atoms with E-state index in [9.17, 15) is 18.0 Å². The summed E-state index contributed by atoms with van der Waals surface area (Å²) in [7, 11) is -4.12. The molecule has 7 nitrogen and oxygen atoms in total. The van der Waals surface area contributed by atoms with E-state index < -0.39 is 10.1 Å². The number of rotatable bonds is 8. The zero-order chi connectivity index (χ0) is 21.9. The first-order valence-electron chi connectivity index (χ1n) is 9.50. The second kappa shape index (κ2) is 9.06. The number of carbonyl (C=O) groups is 2. The molecule has 30 heavy (non-hydrogen) atoms. The van der Waals surface area contributed by atoms with Gasteiger partial charge < -0.3 is 14.4 Å². The topological polar surface area (TPSA) is 92.8 Å². The second-order valence-corrected chi connectivity index (χ2v) is 9.32. The van der Waals surface area contributed by atoms with Crippen LogP contribution in [0.5, 0.6) is 5.75 Å². The molecule has 0 heterocycles. The van der Waals surface area contributed by atoms with Gasteiger partial charge in [0.05, 0.1) is 0 Å². The molecule has 0 aliphatic heterocycles. The molecule has 0 aromatic heterocycles. The summed E-state index contributed by atoms with van der Waals surface area (Å²) in [5.74, 6) is 0.258. The van der Waals surface area contributed by atoms with Crippen molar-refractivity contribution in [3.8, 4) is 5.75 Å². The first kappa shape index (κ1) is 22.1. The SMILES string of the molecule is CC(=O)Nc1ccc(S(=O)(=O)Oc2ccc(Cl)cc2CN(CC2CC2)C(C)=O)cc1. The van der Waals surface area contributed by atoms with Crippen molar-refractivity contribution in [2.75, 3.05) is 11.9 Å². The predicted molar refractivity (Wildman–Crippen MR) is 114 cm³/mol. The van der Waals surface area contributed by atoms with Crippen molar-refractivity contribution in [1.82, 2.24) is 4.90 Å². The maximum Gasteiger partial charge on any atom is 0.339 e. The van der Waals surface area contributed by atoms with Crippen LogP contribution >= 0.6 is 11.6 Å². The van der Waals surface area contributed by atoms with Gasteiger partial charge in [0.15, 0.2) is 0 Å². The maximum absolute atomic E-state index is 12.8. The first-order valence-corrected chi connectivity index (χ1v) is 11.3. The zero-order valence-electron chi connectivity index (χ0n) is 16.7. The van der Waals surface area contributed by atoms with Crippen molar-refractivity contribution < 1.29 is 22.2 Å². The van der Waals surface area contributed by atoms with E-state index in [0.717, 1.165) is 12.8 Å². The van der Waals surface area contributed by atoms with E-state index in [1.165, 1.54) is 50.2 Å². The summed E-state index contributed by atoms with van der Waals surface area (Å²) in [6, 6.07) is 10.3. The number of anilines is 1. The Bertz CT molecular complexity index is 1050. The number of amides is 2. The molecule has 0 radical (unpaired) electrons. The highest BCUT2D eigenvalue weighted by Gasteiger charge is 2.27. The van der Waals surface area contributed by atoms with Crippen molar-refractivity contribution >= 4 is 39.2 Å². The molecular weight excluding hydrogens is 428 g/mol. The van der Waals surface area contributed by atoms with Gasteiger partial charge in [0.2, 0.25) is 11.8 Å². The Balaban J connectivity index is 1.82. The van der Waals surface area contributed by atoms with Crippen LogP contribution in [0.1, 0.15) is 32.3 Å². The lowest BCUT2D eigenvalue weighted by Gasteiger charge is -2.22. The van der Waals surface area contributed by atoms with Gasteiger partial charge in [-0.1, -0.05) is 11.6 Å². The van der Waals surface area contributed by atoms with Crippen molar-refractivity contribution in [2.45, 2.75) is 38.1 Å². The Hall–Kier alpha value is -2.58. The minimum Gasteiger partial charge on any atom is -0.379 e. The van der Waals surface area contributed by atoms with E-state index in [1.807, 2.05) is 0 Å². The highest BCUT2D eigenvalue weighted by atomic mass is 35.5. The third-order valence-corrected chi connectivity index (χ3v) is 6.15. The van der Waals surface area contributed by atoms with E-state index in [-0.39, 0.29) is 29.0 Å². The number of benzene rings is 2. The van der Waals surface area contributed by atoms with Crippen LogP contribution in [0, 0.1) is 5.92 Å². The number of nitrogens with zero attached hydrogens (tertiary/aromatic N) is 1. The largest absolute Gasteiger partial charge is 0.379 e. The fraction of sp³-hybridized carbons (Fsp3) is 0.333. The number of hydrogen-bond donors (Lipinski definition) is 1. The molecule has 1 N–H and O–H groups in total. The summed E-state index contributed by atoms with van der Waals surface area (Å²) in [6.45, 7) is 3.68. The molecule has 0 spiro atoms. The van der Waals surface area contributed by atoms with E-state index in [4.69, 9.17) is 15.8 Å². The Morgan fingerprint density at radius 3 is 2.37 bits per heavy atom. The summed E-state index contributed by atoms with van der Waals surface area (Å²) >= 11 is 6.10. The van der Waals surface area contributed by atoms with Crippen LogP contribution in [0.3, 0.4) is 0 Å². The summed E-state index contributed by atoms with van der Waals surface area (Å²) in [4.78, 5) is 24.8. The molecule has 0 unspecified atom stereocenters. The zero-order valence-corrected chi connectivity index (χ0v) is 18.3. The average Bonchev–Trinajstić information content (AvgIpc) is 3.47. The summed E-state index contributed by atoms with van der Waals surface area (Å²) in [5, 5.41) is 3.00. The van der Waals surface area contributed by atoms with Gasteiger partial charge in [-0.3, -0.25) is 9.59 Å². The van der Waals surface area contributed by atoms with Gasteiger partial charge in [0, 0.05) is 43.2 Å². The van der Waals surface area contributed by atoms with Crippen molar-refractivity contribution in [2.24, 2.45) is 5.92 Å². The molecule has 1 aliphatic rings. The van der Waals surface area contributed by atoms with E-state index in [1.54, 1.807) is 11.0 Å². The minimum atomic E-state index is -4.12. The summed E-state index contributed by atoms with van der Waals surface area (Å²) in [5.41, 5.74) is 0.989. The van der Waals surface area contributed by atoms with Crippen LogP contribution in [0.25, 0.3) is 0 Å². The lowest BCUT2D eigenvalue weighted by Crippen LogP contribution is -2.30. The number of halogens is 1. The van der Waals surface area contributed by atoms with Crippen LogP contribution < -0.4 is 9.50 Å². The van der Waals surface area contributed by atoms with E-state index in [2.05, 4.69) is 5.32 Å². The van der Waals surface area contributed by atoms with Crippen LogP contribution in [-0.2, 0) is 26.3 Å². The predicted octanol–water partition coefficient (Wildman–Crippen LogP) is 3.82. The Kier molecular flexibility index (Phi) is 6.67. The Morgan fingerprint density at radius 2 is 1.80 bits per heavy atom. The molecule has 0 bridgehead atoms. The quantitative estimate of drug-likeness (QED) is 0.617. The van der Waals surface area contributed by atoms with Gasteiger partial charge in [0.25, 0.3) is 0 Å². The summed E-state index contributed by atoms with van der Waals surface area (Å²) in [6.07, 6.45) is 2.18. The van der Waals surface area contributed by atoms with Crippen molar-refractivity contribution in [3.63, 3.8) is 0 Å². The molecule has 2 aromatic carbocycles. The maximum atomic E-state index is 12.8. The van der Waals surface area contributed by atoms with Crippen LogP contribution in [0.15, 0.2) is 47.4 Å². The molecule has 2 amide bonds. The normalized spacial score (nSPS) is 13.6. The smallest absolute Gasteiger partial charge is 0.339 e. The molecule has 1 aliphatic carbocycles. The fourth-order valence-electron chi connectivity index (χ4n) is 2.95. The standard InChI is InChI=1S/C21H23ClN2O5S/c1-14(25)23-19-6-8-20(9-7-19)30(27,28)29-21-10-5-18(22)11-17(21)13-24(15(2)26)12-16-3-4-16/h5-11,16H,3-4,12-13H2,1-2H3,(H,23,25). The molecule has 0 saturated heterocycles. The van der Waals surface area contributed by atoms with Gasteiger partial charge in [-0.2, -0.15) is 8.42 Å². The van der Waals surface area contributed by atoms with Crippen molar-refractivity contribution in [1.29, 1.82) is 0 Å². The highest BCUT2D eigenvalue weighted by Crippen LogP contribution is 2.32. The highest BCUT2D eigenvalue weighted by molar-refractivity contribution is 7.87. The molecule has 0 atom stereocenters. The van der Waals surface area contributed by atoms with Gasteiger partial charge in [0.1, 0.15) is 10.6 Å². The minimum absolute atomic E-state index is 0.0566. The molecular formula is C21H23ClN2O5S. The van der Waals surface area contributed by atoms with Gasteiger partial charge in [-0.25, -0.2) is 0 Å².